The van der Waals surface area contributed by atoms with Crippen molar-refractivity contribution in [2.75, 3.05) is 4.72 Å². The number of fused-ring (bicyclic) bond motifs is 1. The summed E-state index contributed by atoms with van der Waals surface area (Å²) in [5, 5.41) is 0. The molecule has 0 aliphatic heterocycles. The molecule has 0 unspecified atom stereocenters. The smallest absolute Gasteiger partial charge is 0.305 e. The quantitative estimate of drug-likeness (QED) is 0.707. The molecule has 1 N–H and O–H groups in total. The molecule has 0 saturated heterocycles. The summed E-state index contributed by atoms with van der Waals surface area (Å²) in [7, 11) is -0.914. The molecule has 0 radical (unpaired) electrons. The highest BCUT2D eigenvalue weighted by Gasteiger charge is 2.20. The number of nitrogens with zero attached hydrogens (tertiary/aromatic N) is 2. The van der Waals surface area contributed by atoms with Gasteiger partial charge in [0.05, 0.1) is 15.9 Å². The monoisotopic (exact) mass is 373 g/mol. The van der Waals surface area contributed by atoms with E-state index in [1.807, 2.05) is 19.1 Å². The third kappa shape index (κ3) is 2.92. The van der Waals surface area contributed by atoms with Crippen LogP contribution in [0.15, 0.2) is 50.9 Å². The molecule has 0 bridgehead atoms. The van der Waals surface area contributed by atoms with Crippen molar-refractivity contribution in [1.82, 2.24) is 9.13 Å². The first-order valence-corrected chi connectivity index (χ1v) is 9.40. The molecule has 7 nitrogen and oxygen atoms in total. The highest BCUT2D eigenvalue weighted by molar-refractivity contribution is 7.92. The second kappa shape index (κ2) is 6.14. The first-order chi connectivity index (χ1) is 12.1. The first-order valence-electron chi connectivity index (χ1n) is 7.91. The van der Waals surface area contributed by atoms with E-state index in [1.54, 1.807) is 25.1 Å². The summed E-state index contributed by atoms with van der Waals surface area (Å²) in [5.74, 6) is 0. The van der Waals surface area contributed by atoms with E-state index in [4.69, 9.17) is 0 Å². The van der Waals surface area contributed by atoms with Crippen LogP contribution in [0, 0.1) is 13.8 Å². The number of aryl methyl sites for hydroxylation is 4. The van der Waals surface area contributed by atoms with Gasteiger partial charge in [-0.3, -0.25) is 14.3 Å². The lowest BCUT2D eigenvalue weighted by Gasteiger charge is -2.14. The molecule has 0 fully saturated rings. The van der Waals surface area contributed by atoms with E-state index in [9.17, 15) is 18.0 Å². The van der Waals surface area contributed by atoms with Crippen molar-refractivity contribution in [2.24, 2.45) is 14.1 Å². The Kier molecular flexibility index (Phi) is 4.23. The lowest BCUT2D eigenvalue weighted by atomic mass is 10.2. The Morgan fingerprint density at radius 3 is 1.88 bits per heavy atom. The van der Waals surface area contributed by atoms with Crippen LogP contribution >= 0.6 is 0 Å². The molecular formula is C18H19N3O4S. The van der Waals surface area contributed by atoms with Gasteiger partial charge in [-0.2, -0.15) is 0 Å². The molecule has 0 spiro atoms. The van der Waals surface area contributed by atoms with Crippen LogP contribution in [-0.4, -0.2) is 17.6 Å². The summed E-state index contributed by atoms with van der Waals surface area (Å²) in [5.41, 5.74) is 1.43. The van der Waals surface area contributed by atoms with Crippen LogP contribution in [0.5, 0.6) is 0 Å². The summed E-state index contributed by atoms with van der Waals surface area (Å²) < 4.78 is 30.6. The molecule has 26 heavy (non-hydrogen) atoms. The maximum absolute atomic E-state index is 12.8. The predicted molar refractivity (Wildman–Crippen MR) is 101 cm³/mol. The van der Waals surface area contributed by atoms with Gasteiger partial charge in [0.15, 0.2) is 0 Å². The summed E-state index contributed by atoms with van der Waals surface area (Å²) in [6.07, 6.45) is 0. The average Bonchev–Trinajstić information content (AvgIpc) is 2.59. The average molecular weight is 373 g/mol. The van der Waals surface area contributed by atoms with Crippen LogP contribution in [0.2, 0.25) is 0 Å². The SMILES string of the molecule is Cc1ccc(NS(=O)(=O)c2cc3c(cc2C)n(C)c(=O)c(=O)n3C)cc1. The highest BCUT2D eigenvalue weighted by Crippen LogP contribution is 2.24. The number of anilines is 1. The number of aromatic nitrogens is 2. The maximum Gasteiger partial charge on any atom is 0.316 e. The maximum atomic E-state index is 12.8. The van der Waals surface area contributed by atoms with E-state index in [0.717, 1.165) is 5.56 Å². The first kappa shape index (κ1) is 17.9. The minimum Gasteiger partial charge on any atom is -0.305 e. The van der Waals surface area contributed by atoms with Crippen LogP contribution in [-0.2, 0) is 24.1 Å². The number of benzene rings is 2. The Balaban J connectivity index is 2.21. The Morgan fingerprint density at radius 1 is 0.846 bits per heavy atom. The second-order valence-electron chi connectivity index (χ2n) is 6.31. The molecule has 0 aliphatic carbocycles. The van der Waals surface area contributed by atoms with E-state index < -0.39 is 21.1 Å². The highest BCUT2D eigenvalue weighted by atomic mass is 32.2. The van der Waals surface area contributed by atoms with Gasteiger partial charge in [-0.15, -0.1) is 0 Å². The zero-order valence-corrected chi connectivity index (χ0v) is 15.7. The van der Waals surface area contributed by atoms with Crippen molar-refractivity contribution < 1.29 is 8.42 Å². The van der Waals surface area contributed by atoms with Crippen LogP contribution in [0.1, 0.15) is 11.1 Å². The van der Waals surface area contributed by atoms with Gasteiger partial charge in [0, 0.05) is 19.8 Å². The van der Waals surface area contributed by atoms with Crippen LogP contribution in [0.4, 0.5) is 5.69 Å². The Hall–Kier alpha value is -2.87. The van der Waals surface area contributed by atoms with Gasteiger partial charge in [0.1, 0.15) is 0 Å². The lowest BCUT2D eigenvalue weighted by molar-refractivity contribution is 0.600. The number of nitrogens with one attached hydrogen (secondary N) is 1. The van der Waals surface area contributed by atoms with Gasteiger partial charge in [-0.1, -0.05) is 17.7 Å². The molecular weight excluding hydrogens is 354 g/mol. The zero-order chi connectivity index (χ0) is 19.2. The number of sulfonamides is 1. The Labute approximate surface area is 150 Å². The molecule has 2 aromatic carbocycles. The summed E-state index contributed by atoms with van der Waals surface area (Å²) >= 11 is 0. The van der Waals surface area contributed by atoms with Gasteiger partial charge >= 0.3 is 11.1 Å². The van der Waals surface area contributed by atoms with Crippen molar-refractivity contribution >= 4 is 26.7 Å². The van der Waals surface area contributed by atoms with E-state index in [1.165, 1.54) is 29.3 Å². The molecule has 0 saturated carbocycles. The van der Waals surface area contributed by atoms with E-state index >= 15 is 0 Å². The molecule has 1 heterocycles. The van der Waals surface area contributed by atoms with Gasteiger partial charge in [-0.25, -0.2) is 8.42 Å². The summed E-state index contributed by atoms with van der Waals surface area (Å²) in [4.78, 5) is 24.1. The van der Waals surface area contributed by atoms with E-state index in [2.05, 4.69) is 4.72 Å². The van der Waals surface area contributed by atoms with Crippen molar-refractivity contribution in [3.05, 3.63) is 68.2 Å². The third-order valence-electron chi connectivity index (χ3n) is 4.38. The molecule has 3 rings (SSSR count). The molecule has 3 aromatic rings. The van der Waals surface area contributed by atoms with Crippen molar-refractivity contribution in [3.8, 4) is 0 Å². The Bertz CT molecular complexity index is 1240. The van der Waals surface area contributed by atoms with Crippen LogP contribution in [0.25, 0.3) is 11.0 Å². The van der Waals surface area contributed by atoms with Crippen molar-refractivity contribution in [2.45, 2.75) is 18.7 Å². The minimum atomic E-state index is -3.85. The summed E-state index contributed by atoms with van der Waals surface area (Å²) in [6.45, 7) is 3.56. The third-order valence-corrected chi connectivity index (χ3v) is 5.90. The summed E-state index contributed by atoms with van der Waals surface area (Å²) in [6, 6.07) is 10.0. The van der Waals surface area contributed by atoms with Crippen molar-refractivity contribution in [3.63, 3.8) is 0 Å². The standard InChI is InChI=1S/C18H19N3O4S/c1-11-5-7-13(8-6-11)19-26(24,25)16-10-15-14(9-12(16)2)20(3)17(22)18(23)21(15)4/h5-10,19H,1-4H3. The Morgan fingerprint density at radius 2 is 1.35 bits per heavy atom. The zero-order valence-electron chi connectivity index (χ0n) is 14.9. The number of rotatable bonds is 3. The van der Waals surface area contributed by atoms with Gasteiger partial charge < -0.3 is 9.13 Å². The van der Waals surface area contributed by atoms with Crippen molar-refractivity contribution in [1.29, 1.82) is 0 Å². The molecule has 0 aliphatic rings. The van der Waals surface area contributed by atoms with Crippen LogP contribution < -0.4 is 15.8 Å². The normalized spacial score (nSPS) is 11.7. The van der Waals surface area contributed by atoms with Gasteiger partial charge in [0.2, 0.25) is 0 Å². The van der Waals surface area contributed by atoms with E-state index in [-0.39, 0.29) is 4.90 Å². The fourth-order valence-electron chi connectivity index (χ4n) is 2.83. The fourth-order valence-corrected chi connectivity index (χ4v) is 4.13. The van der Waals surface area contributed by atoms with Crippen LogP contribution in [0.3, 0.4) is 0 Å². The van der Waals surface area contributed by atoms with Gasteiger partial charge in [0.25, 0.3) is 10.0 Å². The molecule has 0 amide bonds. The number of hydrogen-bond donors (Lipinski definition) is 1. The molecule has 0 atom stereocenters. The number of hydrogen-bond acceptors (Lipinski definition) is 4. The lowest BCUT2D eigenvalue weighted by Crippen LogP contribution is -2.39. The largest absolute Gasteiger partial charge is 0.316 e. The minimum absolute atomic E-state index is 0.0548. The molecule has 136 valence electrons. The second-order valence-corrected chi connectivity index (χ2v) is 7.96. The van der Waals surface area contributed by atoms with E-state index in [0.29, 0.717) is 22.3 Å². The van der Waals surface area contributed by atoms with Gasteiger partial charge in [-0.05, 0) is 43.7 Å². The fraction of sp³-hybridized carbons (Fsp3) is 0.222. The topological polar surface area (TPSA) is 90.2 Å². The predicted octanol–water partition coefficient (Wildman–Crippen LogP) is 1.65. The molecule has 1 aromatic heterocycles. The molecule has 8 heteroatoms.